The van der Waals surface area contributed by atoms with Crippen LogP contribution in [-0.2, 0) is 0 Å². The van der Waals surface area contributed by atoms with Crippen molar-refractivity contribution in [2.75, 3.05) is 7.11 Å². The van der Waals surface area contributed by atoms with Gasteiger partial charge in [0.05, 0.1) is 12.1 Å². The maximum absolute atomic E-state index is 12.0. The molecule has 0 aliphatic rings. The number of hydrogen-bond acceptors (Lipinski definition) is 3. The van der Waals surface area contributed by atoms with Crippen LogP contribution in [0.3, 0.4) is 0 Å². The van der Waals surface area contributed by atoms with E-state index in [0.717, 1.165) is 0 Å². The van der Waals surface area contributed by atoms with Crippen molar-refractivity contribution in [2.45, 2.75) is 0 Å². The number of ketones is 1. The maximum Gasteiger partial charge on any atom is 0.228 e. The van der Waals surface area contributed by atoms with Gasteiger partial charge in [-0.3, -0.25) is 4.79 Å². The molecule has 0 aliphatic heterocycles. The second kappa shape index (κ2) is 4.82. The third-order valence-corrected chi connectivity index (χ3v) is 2.71. The van der Waals surface area contributed by atoms with Crippen LogP contribution in [0.5, 0.6) is 5.75 Å². The second-order valence-corrected chi connectivity index (χ2v) is 4.06. The number of halogens is 2. The largest absolute Gasteiger partial charge is 0.495 e. The molecule has 17 heavy (non-hydrogen) atoms. The molecule has 2 rings (SSSR count). The van der Waals surface area contributed by atoms with Crippen molar-refractivity contribution >= 4 is 29.0 Å². The average Bonchev–Trinajstić information content (AvgIpc) is 2.75. The summed E-state index contributed by atoms with van der Waals surface area (Å²) in [5.41, 5.74) is 0.418. The lowest BCUT2D eigenvalue weighted by Crippen LogP contribution is -1.99. The van der Waals surface area contributed by atoms with Crippen molar-refractivity contribution < 1.29 is 13.9 Å². The maximum atomic E-state index is 12.0. The Morgan fingerprint density at radius 3 is 2.53 bits per heavy atom. The van der Waals surface area contributed by atoms with E-state index in [4.69, 9.17) is 32.4 Å². The smallest absolute Gasteiger partial charge is 0.228 e. The van der Waals surface area contributed by atoms with Crippen LogP contribution in [0.25, 0.3) is 0 Å². The van der Waals surface area contributed by atoms with Gasteiger partial charge in [0.2, 0.25) is 5.78 Å². The van der Waals surface area contributed by atoms with Crippen molar-refractivity contribution in [1.29, 1.82) is 0 Å². The molecule has 0 radical (unpaired) electrons. The lowest BCUT2D eigenvalue weighted by atomic mass is 10.1. The minimum atomic E-state index is -0.276. The van der Waals surface area contributed by atoms with Gasteiger partial charge in [0.15, 0.2) is 11.0 Å². The van der Waals surface area contributed by atoms with Crippen molar-refractivity contribution in [2.24, 2.45) is 0 Å². The van der Waals surface area contributed by atoms with Crippen LogP contribution in [0, 0.1) is 0 Å². The molecule has 0 saturated carbocycles. The van der Waals surface area contributed by atoms with E-state index < -0.39 is 0 Å². The van der Waals surface area contributed by atoms with Gasteiger partial charge in [-0.2, -0.15) is 0 Å². The Hall–Kier alpha value is -1.45. The molecule has 0 spiro atoms. The normalized spacial score (nSPS) is 10.3. The zero-order valence-corrected chi connectivity index (χ0v) is 10.4. The summed E-state index contributed by atoms with van der Waals surface area (Å²) in [6, 6.07) is 7.80. The predicted molar refractivity (Wildman–Crippen MR) is 65.2 cm³/mol. The van der Waals surface area contributed by atoms with Crippen LogP contribution in [0.4, 0.5) is 0 Å². The number of carbonyl (C=O) groups is 1. The summed E-state index contributed by atoms with van der Waals surface area (Å²) in [6.07, 6.45) is 0. The van der Waals surface area contributed by atoms with Gasteiger partial charge in [-0.1, -0.05) is 11.6 Å². The molecule has 5 heteroatoms. The molecule has 0 atom stereocenters. The number of rotatable bonds is 3. The Labute approximate surface area is 108 Å². The Morgan fingerprint density at radius 2 is 2.00 bits per heavy atom. The monoisotopic (exact) mass is 270 g/mol. The Bertz CT molecular complexity index is 561. The molecule has 2 aromatic rings. The molecular weight excluding hydrogens is 263 g/mol. The van der Waals surface area contributed by atoms with Gasteiger partial charge in [-0.25, -0.2) is 0 Å². The van der Waals surface area contributed by atoms with Gasteiger partial charge in [0.1, 0.15) is 5.75 Å². The summed E-state index contributed by atoms with van der Waals surface area (Å²) >= 11 is 11.5. The van der Waals surface area contributed by atoms with E-state index >= 15 is 0 Å². The van der Waals surface area contributed by atoms with E-state index in [1.165, 1.54) is 25.3 Å². The van der Waals surface area contributed by atoms with Crippen LogP contribution in [0.2, 0.25) is 10.2 Å². The van der Waals surface area contributed by atoms with Crippen molar-refractivity contribution in [1.82, 2.24) is 0 Å². The van der Waals surface area contributed by atoms with Gasteiger partial charge in [0, 0.05) is 5.56 Å². The van der Waals surface area contributed by atoms with Crippen LogP contribution in [-0.4, -0.2) is 12.9 Å². The Kier molecular flexibility index (Phi) is 3.41. The summed E-state index contributed by atoms with van der Waals surface area (Å²) in [4.78, 5) is 12.0. The van der Waals surface area contributed by atoms with Gasteiger partial charge in [-0.15, -0.1) is 0 Å². The van der Waals surface area contributed by atoms with Gasteiger partial charge in [0.25, 0.3) is 0 Å². The highest BCUT2D eigenvalue weighted by atomic mass is 35.5. The van der Waals surface area contributed by atoms with Crippen LogP contribution < -0.4 is 4.74 Å². The minimum absolute atomic E-state index is 0.174. The highest BCUT2D eigenvalue weighted by Gasteiger charge is 2.14. The molecule has 0 saturated heterocycles. The second-order valence-electron chi connectivity index (χ2n) is 3.28. The van der Waals surface area contributed by atoms with Crippen molar-refractivity contribution in [3.8, 4) is 5.75 Å². The highest BCUT2D eigenvalue weighted by molar-refractivity contribution is 6.32. The van der Waals surface area contributed by atoms with E-state index in [0.29, 0.717) is 16.3 Å². The predicted octanol–water partition coefficient (Wildman–Crippen LogP) is 3.83. The number of methoxy groups -OCH3 is 1. The highest BCUT2D eigenvalue weighted by Crippen LogP contribution is 2.26. The van der Waals surface area contributed by atoms with Crippen molar-refractivity contribution in [3.05, 3.63) is 51.9 Å². The summed E-state index contributed by atoms with van der Waals surface area (Å²) < 4.78 is 10.0. The summed E-state index contributed by atoms with van der Waals surface area (Å²) in [5.74, 6) is 0.415. The first-order valence-corrected chi connectivity index (χ1v) is 5.51. The fourth-order valence-corrected chi connectivity index (χ4v) is 1.79. The van der Waals surface area contributed by atoms with Crippen LogP contribution in [0.15, 0.2) is 34.7 Å². The molecule has 0 bridgehead atoms. The zero-order valence-electron chi connectivity index (χ0n) is 8.87. The van der Waals surface area contributed by atoms with Crippen molar-refractivity contribution in [3.63, 3.8) is 0 Å². The number of hydrogen-bond donors (Lipinski definition) is 0. The molecule has 0 unspecified atom stereocenters. The number of carbonyl (C=O) groups excluding carboxylic acids is 1. The van der Waals surface area contributed by atoms with Crippen LogP contribution >= 0.6 is 23.2 Å². The van der Waals surface area contributed by atoms with Gasteiger partial charge in [-0.05, 0) is 41.9 Å². The van der Waals surface area contributed by atoms with E-state index in [1.807, 2.05) is 0 Å². The van der Waals surface area contributed by atoms with Crippen LogP contribution in [0.1, 0.15) is 16.1 Å². The summed E-state index contributed by atoms with van der Waals surface area (Å²) in [7, 11) is 1.51. The van der Waals surface area contributed by atoms with E-state index in [2.05, 4.69) is 0 Å². The molecule has 1 aromatic heterocycles. The number of ether oxygens (including phenoxy) is 1. The molecule has 0 fully saturated rings. The SMILES string of the molecule is COc1ccc(C(=O)c2ccc(Cl)o2)cc1Cl. The van der Waals surface area contributed by atoms with E-state index in [9.17, 15) is 4.79 Å². The van der Waals surface area contributed by atoms with E-state index in [-0.39, 0.29) is 16.8 Å². The molecule has 3 nitrogen and oxygen atoms in total. The average molecular weight is 271 g/mol. The zero-order chi connectivity index (χ0) is 12.4. The van der Waals surface area contributed by atoms with Gasteiger partial charge < -0.3 is 9.15 Å². The standard InChI is InChI=1S/C12H8Cl2O3/c1-16-9-3-2-7(6-8(9)13)12(15)10-4-5-11(14)17-10/h2-6H,1H3. The quantitative estimate of drug-likeness (QED) is 0.796. The summed E-state index contributed by atoms with van der Waals surface area (Å²) in [5, 5.41) is 0.545. The third-order valence-electron chi connectivity index (χ3n) is 2.21. The fourth-order valence-electron chi connectivity index (χ4n) is 1.39. The third kappa shape index (κ3) is 2.46. The Morgan fingerprint density at radius 1 is 1.24 bits per heavy atom. The molecule has 0 aliphatic carbocycles. The first-order valence-electron chi connectivity index (χ1n) is 4.75. The first kappa shape index (κ1) is 12.0. The van der Waals surface area contributed by atoms with E-state index in [1.54, 1.807) is 12.1 Å². The number of benzene rings is 1. The molecule has 1 aromatic carbocycles. The fraction of sp³-hybridized carbons (Fsp3) is 0.0833. The molecule has 1 heterocycles. The lowest BCUT2D eigenvalue weighted by molar-refractivity contribution is 0.101. The topological polar surface area (TPSA) is 39.4 Å². The Balaban J connectivity index is 2.35. The van der Waals surface area contributed by atoms with Gasteiger partial charge >= 0.3 is 0 Å². The lowest BCUT2D eigenvalue weighted by Gasteiger charge is -2.04. The molecule has 88 valence electrons. The summed E-state index contributed by atoms with van der Waals surface area (Å²) in [6.45, 7) is 0. The molecule has 0 amide bonds. The molecule has 0 N–H and O–H groups in total. The molecular formula is C12H8Cl2O3. The first-order chi connectivity index (χ1) is 8.11. The minimum Gasteiger partial charge on any atom is -0.495 e. The number of furan rings is 1.